The van der Waals surface area contributed by atoms with Gasteiger partial charge < -0.3 is 18.6 Å². The van der Waals surface area contributed by atoms with Crippen molar-refractivity contribution in [2.45, 2.75) is 33.2 Å². The van der Waals surface area contributed by atoms with E-state index in [1.54, 1.807) is 7.11 Å². The highest BCUT2D eigenvalue weighted by molar-refractivity contribution is 6.70. The lowest BCUT2D eigenvalue weighted by molar-refractivity contribution is 0.134. The Morgan fingerprint density at radius 1 is 0.880 bits per heavy atom. The van der Waals surface area contributed by atoms with Gasteiger partial charge in [0.15, 0.2) is 5.76 Å². The third-order valence-corrected chi connectivity index (χ3v) is 4.05. The lowest BCUT2D eigenvalue weighted by atomic mass is 10.2. The van der Waals surface area contributed by atoms with Crippen LogP contribution in [-0.2, 0) is 15.8 Å². The number of rotatable bonds is 8. The fraction of sp³-hybridized carbons (Fsp3) is 0.300. The van der Waals surface area contributed by atoms with Gasteiger partial charge in [0.25, 0.3) is 0 Å². The van der Waals surface area contributed by atoms with Crippen molar-refractivity contribution in [1.29, 1.82) is 0 Å². The molecule has 0 heterocycles. The second-order valence-corrected chi connectivity index (χ2v) is 11.0. The maximum Gasteiger partial charge on any atom is 0.310 e. The van der Waals surface area contributed by atoms with Gasteiger partial charge >= 0.3 is 5.95 Å². The Hall–Kier alpha value is -2.40. The van der Waals surface area contributed by atoms with Crippen molar-refractivity contribution in [2.75, 3.05) is 7.11 Å². The Balaban J connectivity index is 2.14. The van der Waals surface area contributed by atoms with Gasteiger partial charge in [0.05, 0.1) is 7.11 Å². The standard InChI is InChI=1S/C20H26O4Si/c1-16(22-15-17-9-7-6-8-10-17)20(24-25(3,4)5)23-19-13-11-18(21-2)12-14-19/h6-14H,15H2,1-5H3/b20-16-. The number of hydrogen-bond acceptors (Lipinski definition) is 4. The van der Waals surface area contributed by atoms with Gasteiger partial charge in [-0.15, -0.1) is 0 Å². The molecule has 134 valence electrons. The molecule has 0 aromatic heterocycles. The fourth-order valence-corrected chi connectivity index (χ4v) is 2.76. The topological polar surface area (TPSA) is 36.9 Å². The Bertz CT molecular complexity index is 688. The molecule has 0 saturated heterocycles. The largest absolute Gasteiger partial charge is 0.517 e. The summed E-state index contributed by atoms with van der Waals surface area (Å²) in [5, 5.41) is 0. The monoisotopic (exact) mass is 358 g/mol. The van der Waals surface area contributed by atoms with E-state index < -0.39 is 8.32 Å². The highest BCUT2D eigenvalue weighted by Crippen LogP contribution is 2.23. The van der Waals surface area contributed by atoms with Crippen molar-refractivity contribution < 1.29 is 18.6 Å². The lowest BCUT2D eigenvalue weighted by Crippen LogP contribution is -2.27. The van der Waals surface area contributed by atoms with Gasteiger partial charge in [-0.3, -0.25) is 0 Å². The number of methoxy groups -OCH3 is 1. The van der Waals surface area contributed by atoms with E-state index in [0.717, 1.165) is 11.3 Å². The van der Waals surface area contributed by atoms with E-state index in [1.807, 2.05) is 61.5 Å². The average molecular weight is 359 g/mol. The molecular formula is C20H26O4Si. The van der Waals surface area contributed by atoms with E-state index in [9.17, 15) is 0 Å². The van der Waals surface area contributed by atoms with Crippen LogP contribution in [-0.4, -0.2) is 15.4 Å². The molecule has 0 aliphatic rings. The average Bonchev–Trinajstić information content (AvgIpc) is 2.59. The molecule has 0 spiro atoms. The van der Waals surface area contributed by atoms with Crippen molar-refractivity contribution >= 4 is 8.32 Å². The molecule has 5 heteroatoms. The van der Waals surface area contributed by atoms with Crippen LogP contribution in [0.25, 0.3) is 0 Å². The van der Waals surface area contributed by atoms with Crippen LogP contribution in [0.3, 0.4) is 0 Å². The van der Waals surface area contributed by atoms with Crippen molar-refractivity contribution in [3.05, 3.63) is 71.9 Å². The summed E-state index contributed by atoms with van der Waals surface area (Å²) in [5.74, 6) is 2.50. The minimum atomic E-state index is -1.85. The first-order valence-electron chi connectivity index (χ1n) is 8.26. The summed E-state index contributed by atoms with van der Waals surface area (Å²) in [4.78, 5) is 0. The lowest BCUT2D eigenvalue weighted by Gasteiger charge is -2.23. The summed E-state index contributed by atoms with van der Waals surface area (Å²) in [6.07, 6.45) is 0. The van der Waals surface area contributed by atoms with E-state index in [-0.39, 0.29) is 0 Å². The molecule has 0 fully saturated rings. The molecule has 0 N–H and O–H groups in total. The molecule has 0 aliphatic carbocycles. The summed E-state index contributed by atoms with van der Waals surface area (Å²) < 4.78 is 23.1. The Kier molecular flexibility index (Phi) is 6.53. The Morgan fingerprint density at radius 3 is 2.04 bits per heavy atom. The second-order valence-electron chi connectivity index (χ2n) is 6.61. The summed E-state index contributed by atoms with van der Waals surface area (Å²) in [6, 6.07) is 17.4. The highest BCUT2D eigenvalue weighted by atomic mass is 28.4. The molecule has 0 unspecified atom stereocenters. The van der Waals surface area contributed by atoms with Gasteiger partial charge in [-0.25, -0.2) is 0 Å². The summed E-state index contributed by atoms with van der Waals surface area (Å²) in [5.41, 5.74) is 1.10. The molecule has 0 saturated carbocycles. The zero-order valence-electron chi connectivity index (χ0n) is 15.5. The first kappa shape index (κ1) is 18.9. The van der Waals surface area contributed by atoms with E-state index >= 15 is 0 Å². The van der Waals surface area contributed by atoms with Crippen LogP contribution >= 0.6 is 0 Å². The van der Waals surface area contributed by atoms with E-state index in [2.05, 4.69) is 19.6 Å². The molecule has 2 aromatic rings. The van der Waals surface area contributed by atoms with Crippen LogP contribution < -0.4 is 9.47 Å². The van der Waals surface area contributed by atoms with E-state index in [0.29, 0.717) is 24.1 Å². The van der Waals surface area contributed by atoms with Crippen LogP contribution in [0.2, 0.25) is 19.6 Å². The van der Waals surface area contributed by atoms with Crippen LogP contribution in [0.15, 0.2) is 66.3 Å². The maximum absolute atomic E-state index is 6.09. The number of benzene rings is 2. The van der Waals surface area contributed by atoms with Crippen molar-refractivity contribution in [2.24, 2.45) is 0 Å². The van der Waals surface area contributed by atoms with Gasteiger partial charge in [0, 0.05) is 6.92 Å². The van der Waals surface area contributed by atoms with Gasteiger partial charge in [0.1, 0.15) is 18.1 Å². The summed E-state index contributed by atoms with van der Waals surface area (Å²) in [6.45, 7) is 8.65. The minimum absolute atomic E-state index is 0.417. The number of ether oxygens (including phenoxy) is 3. The normalized spacial score (nSPS) is 12.2. The number of hydrogen-bond donors (Lipinski definition) is 0. The van der Waals surface area contributed by atoms with Gasteiger partial charge in [-0.2, -0.15) is 0 Å². The molecule has 25 heavy (non-hydrogen) atoms. The third kappa shape index (κ3) is 6.55. The molecule has 0 aliphatic heterocycles. The van der Waals surface area contributed by atoms with Gasteiger partial charge in [-0.1, -0.05) is 30.3 Å². The molecule has 0 amide bonds. The third-order valence-electron chi connectivity index (χ3n) is 3.25. The molecule has 0 bridgehead atoms. The van der Waals surface area contributed by atoms with Crippen LogP contribution in [0, 0.1) is 0 Å². The van der Waals surface area contributed by atoms with Crippen LogP contribution in [0.1, 0.15) is 12.5 Å². The molecule has 0 atom stereocenters. The van der Waals surface area contributed by atoms with E-state index in [4.69, 9.17) is 18.6 Å². The van der Waals surface area contributed by atoms with Gasteiger partial charge in [-0.05, 0) is 49.5 Å². The van der Waals surface area contributed by atoms with Crippen molar-refractivity contribution in [3.63, 3.8) is 0 Å². The highest BCUT2D eigenvalue weighted by Gasteiger charge is 2.22. The first-order valence-corrected chi connectivity index (χ1v) is 11.7. The van der Waals surface area contributed by atoms with Crippen LogP contribution in [0.5, 0.6) is 11.5 Å². The SMILES string of the molecule is COc1ccc(O/C(O[Si](C)(C)C)=C(\C)OCc2ccccc2)cc1. The minimum Gasteiger partial charge on any atom is -0.517 e. The summed E-state index contributed by atoms with van der Waals surface area (Å²) >= 11 is 0. The second kappa shape index (κ2) is 8.62. The van der Waals surface area contributed by atoms with Crippen LogP contribution in [0.4, 0.5) is 0 Å². The van der Waals surface area contributed by atoms with Gasteiger partial charge in [0.2, 0.25) is 8.32 Å². The Morgan fingerprint density at radius 2 is 1.48 bits per heavy atom. The fourth-order valence-electron chi connectivity index (χ4n) is 2.02. The first-order chi connectivity index (χ1) is 11.9. The Labute approximate surface area is 151 Å². The van der Waals surface area contributed by atoms with Crippen molar-refractivity contribution in [3.8, 4) is 11.5 Å². The maximum atomic E-state index is 6.09. The molecule has 0 radical (unpaired) electrons. The predicted octanol–water partition coefficient (Wildman–Crippen LogP) is 5.33. The smallest absolute Gasteiger partial charge is 0.310 e. The zero-order valence-corrected chi connectivity index (χ0v) is 16.5. The number of allylic oxidation sites excluding steroid dienone is 1. The van der Waals surface area contributed by atoms with E-state index in [1.165, 1.54) is 0 Å². The predicted molar refractivity (Wildman–Crippen MR) is 102 cm³/mol. The van der Waals surface area contributed by atoms with Crippen molar-refractivity contribution in [1.82, 2.24) is 0 Å². The molecule has 2 rings (SSSR count). The molecule has 4 nitrogen and oxygen atoms in total. The summed E-state index contributed by atoms with van der Waals surface area (Å²) in [7, 11) is -0.215. The quantitative estimate of drug-likeness (QED) is 0.472. The zero-order chi connectivity index (χ0) is 18.3. The molecule has 2 aromatic carbocycles. The molecular weight excluding hydrogens is 332 g/mol.